The largest absolute Gasteiger partial charge is 0.477 e. The molecule has 0 aliphatic carbocycles. The monoisotopic (exact) mass is 394 g/mol. The van der Waals surface area contributed by atoms with Gasteiger partial charge < -0.3 is 15.7 Å². The van der Waals surface area contributed by atoms with E-state index in [4.69, 9.17) is 5.11 Å². The fourth-order valence-electron chi connectivity index (χ4n) is 3.30. The molecular formula is C24H46N2O2. The standard InChI is InChI=1S/C24H46N2O2/c1-3-4-5-6-7-8-9-10-11-12-13-14-15-17-20-25-21-18-16-19-22-26-23(2)24(27)28/h3,25-26H,1-2,4-22H2,(H,27,28). The molecule has 0 aromatic carbocycles. The minimum atomic E-state index is -0.966. The molecule has 0 unspecified atom stereocenters. The van der Waals surface area contributed by atoms with Gasteiger partial charge in [-0.25, -0.2) is 4.79 Å². The quantitative estimate of drug-likeness (QED) is 0.110. The van der Waals surface area contributed by atoms with Crippen molar-refractivity contribution in [3.8, 4) is 0 Å². The molecule has 4 heteroatoms. The number of carboxylic acids is 1. The van der Waals surface area contributed by atoms with Gasteiger partial charge in [0.05, 0.1) is 0 Å². The van der Waals surface area contributed by atoms with Crippen LogP contribution >= 0.6 is 0 Å². The van der Waals surface area contributed by atoms with Crippen LogP contribution < -0.4 is 10.6 Å². The maximum atomic E-state index is 10.6. The number of hydrogen-bond donors (Lipinski definition) is 3. The van der Waals surface area contributed by atoms with Crippen molar-refractivity contribution in [2.24, 2.45) is 0 Å². The van der Waals surface area contributed by atoms with Gasteiger partial charge in [-0.15, -0.1) is 6.58 Å². The minimum absolute atomic E-state index is 0.0908. The van der Waals surface area contributed by atoms with Crippen molar-refractivity contribution >= 4 is 5.97 Å². The topological polar surface area (TPSA) is 61.4 Å². The van der Waals surface area contributed by atoms with Gasteiger partial charge in [0.1, 0.15) is 5.70 Å². The molecule has 0 fully saturated rings. The van der Waals surface area contributed by atoms with Gasteiger partial charge in [-0.05, 0) is 45.2 Å². The van der Waals surface area contributed by atoms with Crippen LogP contribution in [0.15, 0.2) is 24.9 Å². The summed E-state index contributed by atoms with van der Waals surface area (Å²) in [5.41, 5.74) is 0.0908. The number of allylic oxidation sites excluding steroid dienone is 1. The number of nitrogens with one attached hydrogen (secondary N) is 2. The van der Waals surface area contributed by atoms with Gasteiger partial charge in [-0.3, -0.25) is 0 Å². The lowest BCUT2D eigenvalue weighted by Gasteiger charge is -2.07. The number of rotatable bonds is 23. The van der Waals surface area contributed by atoms with Crippen molar-refractivity contribution < 1.29 is 9.90 Å². The van der Waals surface area contributed by atoms with Crippen LogP contribution in [-0.4, -0.2) is 30.7 Å². The van der Waals surface area contributed by atoms with E-state index >= 15 is 0 Å². The summed E-state index contributed by atoms with van der Waals surface area (Å²) < 4.78 is 0. The average Bonchev–Trinajstić information content (AvgIpc) is 2.68. The molecule has 28 heavy (non-hydrogen) atoms. The van der Waals surface area contributed by atoms with Gasteiger partial charge in [-0.1, -0.05) is 83.3 Å². The van der Waals surface area contributed by atoms with Gasteiger partial charge in [0, 0.05) is 6.54 Å². The van der Waals surface area contributed by atoms with E-state index in [0.29, 0.717) is 6.54 Å². The second kappa shape index (κ2) is 22.0. The van der Waals surface area contributed by atoms with E-state index in [2.05, 4.69) is 23.8 Å². The lowest BCUT2D eigenvalue weighted by molar-refractivity contribution is -0.133. The molecule has 0 heterocycles. The third-order valence-corrected chi connectivity index (χ3v) is 5.14. The number of aliphatic carboxylic acids is 1. The van der Waals surface area contributed by atoms with Crippen LogP contribution in [0.2, 0.25) is 0 Å². The maximum Gasteiger partial charge on any atom is 0.351 e. The molecule has 164 valence electrons. The summed E-state index contributed by atoms with van der Waals surface area (Å²) in [6.07, 6.45) is 23.0. The normalized spacial score (nSPS) is 10.7. The SMILES string of the molecule is C=CCCCCCCCCCCCCCCNCCCCCNC(=C)C(=O)O. The summed E-state index contributed by atoms with van der Waals surface area (Å²) in [6, 6.07) is 0. The molecule has 0 saturated heterocycles. The highest BCUT2D eigenvalue weighted by Gasteiger charge is 2.01. The predicted octanol–water partition coefficient (Wildman–Crippen LogP) is 6.19. The summed E-state index contributed by atoms with van der Waals surface area (Å²) in [4.78, 5) is 10.6. The zero-order chi connectivity index (χ0) is 20.7. The molecule has 0 aromatic heterocycles. The van der Waals surface area contributed by atoms with Crippen LogP contribution in [0.5, 0.6) is 0 Å². The van der Waals surface area contributed by atoms with Crippen LogP contribution in [0.3, 0.4) is 0 Å². The highest BCUT2D eigenvalue weighted by atomic mass is 16.4. The molecular weight excluding hydrogens is 348 g/mol. The second-order valence-corrected chi connectivity index (χ2v) is 7.84. The Morgan fingerprint density at radius 2 is 1.07 bits per heavy atom. The van der Waals surface area contributed by atoms with Gasteiger partial charge in [0.15, 0.2) is 0 Å². The summed E-state index contributed by atoms with van der Waals surface area (Å²) >= 11 is 0. The van der Waals surface area contributed by atoms with Gasteiger partial charge in [0.25, 0.3) is 0 Å². The molecule has 0 spiro atoms. The highest BCUT2D eigenvalue weighted by molar-refractivity contribution is 5.84. The van der Waals surface area contributed by atoms with Gasteiger partial charge >= 0.3 is 5.97 Å². The zero-order valence-electron chi connectivity index (χ0n) is 18.3. The van der Waals surface area contributed by atoms with E-state index in [-0.39, 0.29) is 5.70 Å². The van der Waals surface area contributed by atoms with E-state index in [1.165, 1.54) is 83.5 Å². The van der Waals surface area contributed by atoms with Crippen LogP contribution in [0.1, 0.15) is 103 Å². The molecule has 0 radical (unpaired) electrons. The third kappa shape index (κ3) is 21.0. The number of hydrogen-bond acceptors (Lipinski definition) is 3. The first kappa shape index (κ1) is 26.7. The summed E-state index contributed by atoms with van der Waals surface area (Å²) in [6.45, 7) is 10.1. The Morgan fingerprint density at radius 3 is 1.54 bits per heavy atom. The van der Waals surface area contributed by atoms with Crippen molar-refractivity contribution in [3.05, 3.63) is 24.9 Å². The van der Waals surface area contributed by atoms with Crippen LogP contribution in [0.25, 0.3) is 0 Å². The Balaban J connectivity index is 3.06. The minimum Gasteiger partial charge on any atom is -0.477 e. The van der Waals surface area contributed by atoms with E-state index < -0.39 is 5.97 Å². The van der Waals surface area contributed by atoms with E-state index in [1.54, 1.807) is 0 Å². The third-order valence-electron chi connectivity index (χ3n) is 5.14. The lowest BCUT2D eigenvalue weighted by Crippen LogP contribution is -2.21. The van der Waals surface area contributed by atoms with Gasteiger partial charge in [0.2, 0.25) is 0 Å². The van der Waals surface area contributed by atoms with E-state index in [1.807, 2.05) is 6.08 Å². The van der Waals surface area contributed by atoms with E-state index in [9.17, 15) is 4.79 Å². The fourth-order valence-corrected chi connectivity index (χ4v) is 3.30. The van der Waals surface area contributed by atoms with Crippen molar-refractivity contribution in [1.29, 1.82) is 0 Å². The number of unbranched alkanes of at least 4 members (excludes halogenated alkanes) is 14. The summed E-state index contributed by atoms with van der Waals surface area (Å²) in [7, 11) is 0. The molecule has 0 rings (SSSR count). The molecule has 0 amide bonds. The zero-order valence-corrected chi connectivity index (χ0v) is 18.3. The first-order chi connectivity index (χ1) is 13.7. The maximum absolute atomic E-state index is 10.6. The van der Waals surface area contributed by atoms with Crippen LogP contribution in [0.4, 0.5) is 0 Å². The number of carboxylic acid groups (broad SMARTS) is 1. The van der Waals surface area contributed by atoms with Crippen molar-refractivity contribution in [2.75, 3.05) is 19.6 Å². The van der Waals surface area contributed by atoms with Crippen LogP contribution in [0, 0.1) is 0 Å². The molecule has 0 bridgehead atoms. The first-order valence-electron chi connectivity index (χ1n) is 11.7. The molecule has 0 aromatic rings. The predicted molar refractivity (Wildman–Crippen MR) is 122 cm³/mol. The Hall–Kier alpha value is -1.29. The molecule has 3 N–H and O–H groups in total. The second-order valence-electron chi connectivity index (χ2n) is 7.84. The smallest absolute Gasteiger partial charge is 0.351 e. The van der Waals surface area contributed by atoms with Crippen LogP contribution in [-0.2, 0) is 4.79 Å². The molecule has 4 nitrogen and oxygen atoms in total. The molecule has 0 aliphatic heterocycles. The summed E-state index contributed by atoms with van der Waals surface area (Å²) in [5, 5.41) is 15.0. The Bertz CT molecular complexity index is 383. The van der Waals surface area contributed by atoms with Gasteiger partial charge in [-0.2, -0.15) is 0 Å². The number of carbonyl (C=O) groups is 1. The van der Waals surface area contributed by atoms with Crippen molar-refractivity contribution in [2.45, 2.75) is 103 Å². The van der Waals surface area contributed by atoms with E-state index in [0.717, 1.165) is 32.4 Å². The Morgan fingerprint density at radius 1 is 0.679 bits per heavy atom. The van der Waals surface area contributed by atoms with Crippen molar-refractivity contribution in [1.82, 2.24) is 10.6 Å². The Labute approximate surface area is 174 Å². The van der Waals surface area contributed by atoms with Crippen molar-refractivity contribution in [3.63, 3.8) is 0 Å². The molecule has 0 atom stereocenters. The first-order valence-corrected chi connectivity index (χ1v) is 11.7. The molecule has 0 saturated carbocycles. The average molecular weight is 395 g/mol. The molecule has 0 aliphatic rings. The highest BCUT2D eigenvalue weighted by Crippen LogP contribution is 2.12. The Kier molecular flexibility index (Phi) is 21.0. The summed E-state index contributed by atoms with van der Waals surface area (Å²) in [5.74, 6) is -0.966. The fraction of sp³-hybridized carbons (Fsp3) is 0.792. The lowest BCUT2D eigenvalue weighted by atomic mass is 10.0.